The number of nitrogens with one attached hydrogen (secondary N) is 2. The van der Waals surface area contributed by atoms with Gasteiger partial charge in [-0.25, -0.2) is 0 Å². The number of hydrogen-bond donors (Lipinski definition) is 2. The number of amides is 1. The Bertz CT molecular complexity index is 866. The topological polar surface area (TPSA) is 57.8 Å². The molecule has 0 spiro atoms. The van der Waals surface area contributed by atoms with Crippen molar-refractivity contribution in [3.63, 3.8) is 0 Å². The lowest BCUT2D eigenvalue weighted by Gasteiger charge is -2.08. The molecule has 22 heavy (non-hydrogen) atoms. The summed E-state index contributed by atoms with van der Waals surface area (Å²) in [5.41, 5.74) is 5.38. The Hall–Kier alpha value is -2.62. The highest BCUT2D eigenvalue weighted by atomic mass is 16.2. The molecule has 0 aliphatic carbocycles. The summed E-state index contributed by atoms with van der Waals surface area (Å²) in [4.78, 5) is 12.1. The van der Waals surface area contributed by atoms with E-state index >= 15 is 0 Å². The van der Waals surface area contributed by atoms with E-state index in [4.69, 9.17) is 0 Å². The first kappa shape index (κ1) is 13.1. The molecule has 4 rings (SSSR count). The number of benzene rings is 2. The number of aromatic nitrogens is 2. The summed E-state index contributed by atoms with van der Waals surface area (Å²) >= 11 is 0. The van der Waals surface area contributed by atoms with E-state index in [0.717, 1.165) is 40.7 Å². The molecule has 0 bridgehead atoms. The van der Waals surface area contributed by atoms with Gasteiger partial charge in [0.15, 0.2) is 0 Å². The van der Waals surface area contributed by atoms with Crippen LogP contribution in [0.25, 0.3) is 10.9 Å². The molecular formula is C18H17N3O. The number of anilines is 1. The Morgan fingerprint density at radius 2 is 2.05 bits per heavy atom. The molecule has 1 aromatic heterocycles. The average molecular weight is 291 g/mol. The van der Waals surface area contributed by atoms with Gasteiger partial charge in [-0.1, -0.05) is 30.3 Å². The molecule has 4 nitrogen and oxygen atoms in total. The van der Waals surface area contributed by atoms with E-state index in [9.17, 15) is 4.79 Å². The van der Waals surface area contributed by atoms with Crippen LogP contribution in [0.15, 0.2) is 42.5 Å². The number of hydrogen-bond acceptors (Lipinski definition) is 2. The van der Waals surface area contributed by atoms with Crippen molar-refractivity contribution in [1.29, 1.82) is 0 Å². The Labute approximate surface area is 128 Å². The van der Waals surface area contributed by atoms with Gasteiger partial charge in [-0.2, -0.15) is 5.10 Å². The number of fused-ring (bicyclic) bond motifs is 2. The second-order valence-corrected chi connectivity index (χ2v) is 5.86. The van der Waals surface area contributed by atoms with Crippen molar-refractivity contribution in [2.45, 2.75) is 25.7 Å². The molecule has 2 heterocycles. The fourth-order valence-electron chi connectivity index (χ4n) is 3.23. The third-order valence-electron chi connectivity index (χ3n) is 4.45. The van der Waals surface area contributed by atoms with Crippen LogP contribution in [0, 0.1) is 6.92 Å². The molecule has 2 aromatic carbocycles. The smallest absolute Gasteiger partial charge is 0.232 e. The molecule has 0 saturated carbocycles. The first-order valence-electron chi connectivity index (χ1n) is 7.56. The zero-order chi connectivity index (χ0) is 15.1. The van der Waals surface area contributed by atoms with Crippen LogP contribution in [0.4, 0.5) is 5.69 Å². The lowest BCUT2D eigenvalue weighted by atomic mass is 9.93. The minimum Gasteiger partial charge on any atom is -0.325 e. The van der Waals surface area contributed by atoms with Gasteiger partial charge in [0.25, 0.3) is 0 Å². The first-order chi connectivity index (χ1) is 10.7. The lowest BCUT2D eigenvalue weighted by Crippen LogP contribution is -2.12. The summed E-state index contributed by atoms with van der Waals surface area (Å²) in [5, 5.41) is 11.4. The summed E-state index contributed by atoms with van der Waals surface area (Å²) in [5.74, 6) is 0.0649. The Kier molecular flexibility index (Phi) is 2.96. The third-order valence-corrected chi connectivity index (χ3v) is 4.45. The highest BCUT2D eigenvalue weighted by Gasteiger charge is 2.29. The number of H-pyrrole nitrogens is 1. The molecule has 0 unspecified atom stereocenters. The van der Waals surface area contributed by atoms with Crippen LogP contribution in [0.5, 0.6) is 0 Å². The van der Waals surface area contributed by atoms with Crippen molar-refractivity contribution >= 4 is 22.5 Å². The number of carbonyl (C=O) groups is 1. The largest absolute Gasteiger partial charge is 0.325 e. The van der Waals surface area contributed by atoms with E-state index in [0.29, 0.717) is 0 Å². The van der Waals surface area contributed by atoms with Crippen molar-refractivity contribution in [3.8, 4) is 0 Å². The van der Waals surface area contributed by atoms with Crippen LogP contribution < -0.4 is 5.32 Å². The summed E-state index contributed by atoms with van der Waals surface area (Å²) in [6.45, 7) is 2.00. The molecule has 2 N–H and O–H groups in total. The predicted molar refractivity (Wildman–Crippen MR) is 87.0 cm³/mol. The van der Waals surface area contributed by atoms with Gasteiger partial charge in [0, 0.05) is 11.1 Å². The SMILES string of the molecule is Cc1n[nH]c2cc(CC[C@@H]3C(=O)Nc4ccccc43)ccc12. The maximum absolute atomic E-state index is 12.1. The summed E-state index contributed by atoms with van der Waals surface area (Å²) in [6, 6.07) is 14.3. The number of aromatic amines is 1. The van der Waals surface area contributed by atoms with E-state index in [-0.39, 0.29) is 11.8 Å². The molecule has 110 valence electrons. The molecule has 0 fully saturated rings. The molecule has 4 heteroatoms. The minimum atomic E-state index is -0.0459. The number of aryl methyl sites for hydroxylation is 2. The van der Waals surface area contributed by atoms with Gasteiger partial charge < -0.3 is 5.32 Å². The predicted octanol–water partition coefficient (Wildman–Crippen LogP) is 3.54. The van der Waals surface area contributed by atoms with E-state index in [1.54, 1.807) is 0 Å². The van der Waals surface area contributed by atoms with Gasteiger partial charge in [-0.05, 0) is 43.0 Å². The molecule has 1 atom stereocenters. The van der Waals surface area contributed by atoms with Gasteiger partial charge in [-0.3, -0.25) is 9.89 Å². The minimum absolute atomic E-state index is 0.0459. The zero-order valence-corrected chi connectivity index (χ0v) is 12.4. The van der Waals surface area contributed by atoms with E-state index in [2.05, 4.69) is 33.7 Å². The maximum Gasteiger partial charge on any atom is 0.232 e. The van der Waals surface area contributed by atoms with Gasteiger partial charge in [0.05, 0.1) is 17.1 Å². The van der Waals surface area contributed by atoms with Crippen LogP contribution >= 0.6 is 0 Å². The average Bonchev–Trinajstić information content (AvgIpc) is 3.05. The van der Waals surface area contributed by atoms with E-state index < -0.39 is 0 Å². The Morgan fingerprint density at radius 3 is 2.95 bits per heavy atom. The van der Waals surface area contributed by atoms with Crippen molar-refractivity contribution < 1.29 is 4.79 Å². The van der Waals surface area contributed by atoms with Gasteiger partial charge in [0.2, 0.25) is 5.91 Å². The molecule has 1 amide bonds. The highest BCUT2D eigenvalue weighted by molar-refractivity contribution is 6.02. The van der Waals surface area contributed by atoms with E-state index in [1.165, 1.54) is 5.56 Å². The van der Waals surface area contributed by atoms with Gasteiger partial charge in [0.1, 0.15) is 0 Å². The van der Waals surface area contributed by atoms with E-state index in [1.807, 2.05) is 31.2 Å². The quantitative estimate of drug-likeness (QED) is 0.775. The third kappa shape index (κ3) is 2.08. The second kappa shape index (κ2) is 4.98. The first-order valence-corrected chi connectivity index (χ1v) is 7.56. The van der Waals surface area contributed by atoms with Crippen LogP contribution in [-0.2, 0) is 11.2 Å². The summed E-state index contributed by atoms with van der Waals surface area (Å²) in [7, 11) is 0. The molecule has 0 radical (unpaired) electrons. The summed E-state index contributed by atoms with van der Waals surface area (Å²) in [6.07, 6.45) is 1.70. The molecule has 3 aromatic rings. The lowest BCUT2D eigenvalue weighted by molar-refractivity contribution is -0.117. The van der Waals surface area contributed by atoms with Crippen LogP contribution in [-0.4, -0.2) is 16.1 Å². The normalized spacial score (nSPS) is 16.8. The van der Waals surface area contributed by atoms with Crippen molar-refractivity contribution in [1.82, 2.24) is 10.2 Å². The van der Waals surface area contributed by atoms with Crippen molar-refractivity contribution in [3.05, 3.63) is 59.3 Å². The fraction of sp³-hybridized carbons (Fsp3) is 0.222. The maximum atomic E-state index is 12.1. The molecule has 1 aliphatic heterocycles. The number of nitrogens with zero attached hydrogens (tertiary/aromatic N) is 1. The van der Waals surface area contributed by atoms with Gasteiger partial charge in [-0.15, -0.1) is 0 Å². The number of carbonyl (C=O) groups excluding carboxylic acids is 1. The Morgan fingerprint density at radius 1 is 1.18 bits per heavy atom. The van der Waals surface area contributed by atoms with Crippen molar-refractivity contribution in [2.24, 2.45) is 0 Å². The second-order valence-electron chi connectivity index (χ2n) is 5.86. The molecular weight excluding hydrogens is 274 g/mol. The fourth-order valence-corrected chi connectivity index (χ4v) is 3.23. The number of rotatable bonds is 3. The van der Waals surface area contributed by atoms with Crippen LogP contribution in [0.2, 0.25) is 0 Å². The van der Waals surface area contributed by atoms with Crippen LogP contribution in [0.1, 0.15) is 29.2 Å². The van der Waals surface area contributed by atoms with Crippen LogP contribution in [0.3, 0.4) is 0 Å². The monoisotopic (exact) mass is 291 g/mol. The van der Waals surface area contributed by atoms with Gasteiger partial charge >= 0.3 is 0 Å². The molecule has 1 aliphatic rings. The zero-order valence-electron chi connectivity index (χ0n) is 12.4. The van der Waals surface area contributed by atoms with Crippen molar-refractivity contribution in [2.75, 3.05) is 5.32 Å². The Balaban J connectivity index is 1.55. The number of para-hydroxylation sites is 1. The highest BCUT2D eigenvalue weighted by Crippen LogP contribution is 2.35. The standard InChI is InChI=1S/C18H17N3O/c1-11-13-8-6-12(10-17(13)21-20-11)7-9-15-14-4-2-3-5-16(14)19-18(15)22/h2-6,8,10,15H,7,9H2,1H3,(H,19,22)(H,20,21)/t15-/m0/s1. The summed E-state index contributed by atoms with van der Waals surface area (Å²) < 4.78 is 0. The molecule has 0 saturated heterocycles.